The number of Topliss-reactive ketones (excluding diaryl/α,β-unsaturated/α-hetero) is 1. The Balaban J connectivity index is 2.66. The zero-order chi connectivity index (χ0) is 11.9. The molecule has 1 aromatic carbocycles. The number of ketones is 1. The lowest BCUT2D eigenvalue weighted by Crippen LogP contribution is -2.30. The van der Waals surface area contributed by atoms with Gasteiger partial charge in [-0.25, -0.2) is 0 Å². The van der Waals surface area contributed by atoms with Crippen molar-refractivity contribution in [1.29, 1.82) is 0 Å². The van der Waals surface area contributed by atoms with E-state index in [2.05, 4.69) is 6.58 Å². The van der Waals surface area contributed by atoms with Crippen molar-refractivity contribution in [3.63, 3.8) is 0 Å². The zero-order valence-corrected chi connectivity index (χ0v) is 9.41. The van der Waals surface area contributed by atoms with E-state index in [1.54, 1.807) is 12.1 Å². The third-order valence-electron chi connectivity index (χ3n) is 2.97. The van der Waals surface area contributed by atoms with Gasteiger partial charge in [0.15, 0.2) is 0 Å². The smallest absolute Gasteiger partial charge is 0.299 e. The van der Waals surface area contributed by atoms with E-state index < -0.39 is 11.7 Å². The molecule has 0 atom stereocenters. The summed E-state index contributed by atoms with van der Waals surface area (Å²) in [5, 5.41) is 0. The first-order valence-electron chi connectivity index (χ1n) is 5.15. The molecule has 3 nitrogen and oxygen atoms in total. The lowest BCUT2D eigenvalue weighted by molar-refractivity contribution is -0.114. The minimum atomic E-state index is -0.455. The van der Waals surface area contributed by atoms with Gasteiger partial charge in [-0.2, -0.15) is 0 Å². The van der Waals surface area contributed by atoms with Gasteiger partial charge in [-0.15, -0.1) is 6.58 Å². The van der Waals surface area contributed by atoms with E-state index in [9.17, 15) is 9.59 Å². The van der Waals surface area contributed by atoms with Crippen molar-refractivity contribution in [2.75, 3.05) is 11.4 Å². The molecule has 0 saturated heterocycles. The summed E-state index contributed by atoms with van der Waals surface area (Å²) in [5.74, 6) is -0.872. The summed E-state index contributed by atoms with van der Waals surface area (Å²) < 4.78 is 0. The number of rotatable bonds is 2. The molecule has 0 bridgehead atoms. The molecule has 0 N–H and O–H groups in total. The molecular weight excluding hydrogens is 202 g/mol. The molecule has 1 amide bonds. The maximum Gasteiger partial charge on any atom is 0.299 e. The van der Waals surface area contributed by atoms with Gasteiger partial charge >= 0.3 is 0 Å². The van der Waals surface area contributed by atoms with Crippen molar-refractivity contribution in [2.45, 2.75) is 13.8 Å². The molecule has 1 aliphatic rings. The highest BCUT2D eigenvalue weighted by atomic mass is 16.2. The fourth-order valence-electron chi connectivity index (χ4n) is 1.97. The summed E-state index contributed by atoms with van der Waals surface area (Å²) in [7, 11) is 0. The lowest BCUT2D eigenvalue weighted by atomic mass is 10.0. The number of hydrogen-bond donors (Lipinski definition) is 0. The summed E-state index contributed by atoms with van der Waals surface area (Å²) in [6.07, 6.45) is 1.63. The van der Waals surface area contributed by atoms with Crippen LogP contribution in [0.3, 0.4) is 0 Å². The fraction of sp³-hybridized carbons (Fsp3) is 0.231. The summed E-state index contributed by atoms with van der Waals surface area (Å²) in [6, 6.07) is 3.59. The molecule has 0 aromatic heterocycles. The topological polar surface area (TPSA) is 37.4 Å². The van der Waals surface area contributed by atoms with Crippen LogP contribution in [0.4, 0.5) is 5.69 Å². The maximum atomic E-state index is 11.7. The van der Waals surface area contributed by atoms with Crippen LogP contribution >= 0.6 is 0 Å². The van der Waals surface area contributed by atoms with E-state index in [0.717, 1.165) is 16.8 Å². The molecule has 1 aliphatic heterocycles. The fourth-order valence-corrected chi connectivity index (χ4v) is 1.97. The molecule has 0 fully saturated rings. The van der Waals surface area contributed by atoms with E-state index >= 15 is 0 Å². The Morgan fingerprint density at radius 1 is 1.31 bits per heavy atom. The van der Waals surface area contributed by atoms with Gasteiger partial charge in [0.05, 0.1) is 11.3 Å². The van der Waals surface area contributed by atoms with Gasteiger partial charge in [0.25, 0.3) is 11.7 Å². The molecule has 1 heterocycles. The highest BCUT2D eigenvalue weighted by Gasteiger charge is 2.36. The molecule has 16 heavy (non-hydrogen) atoms. The minimum absolute atomic E-state index is 0.377. The number of hydrogen-bond acceptors (Lipinski definition) is 2. The average molecular weight is 215 g/mol. The second-order valence-corrected chi connectivity index (χ2v) is 3.94. The molecule has 0 spiro atoms. The van der Waals surface area contributed by atoms with Crippen LogP contribution in [-0.2, 0) is 4.79 Å². The van der Waals surface area contributed by atoms with Gasteiger partial charge < -0.3 is 4.90 Å². The third kappa shape index (κ3) is 1.28. The normalized spacial score (nSPS) is 14.2. The quantitative estimate of drug-likeness (QED) is 0.559. The Morgan fingerprint density at radius 2 is 2.00 bits per heavy atom. The Kier molecular flexibility index (Phi) is 2.38. The monoisotopic (exact) mass is 215 g/mol. The molecule has 0 aliphatic carbocycles. The van der Waals surface area contributed by atoms with Crippen LogP contribution in [0.25, 0.3) is 0 Å². The lowest BCUT2D eigenvalue weighted by Gasteiger charge is -2.17. The molecular formula is C13H13NO2. The van der Waals surface area contributed by atoms with Crippen LogP contribution in [0.1, 0.15) is 21.5 Å². The number of carbonyl (C=O) groups excluding carboxylic acids is 2. The van der Waals surface area contributed by atoms with E-state index in [1.165, 1.54) is 4.90 Å². The molecule has 82 valence electrons. The van der Waals surface area contributed by atoms with Crippen LogP contribution in [0.5, 0.6) is 0 Å². The van der Waals surface area contributed by atoms with Crippen molar-refractivity contribution >= 4 is 17.4 Å². The van der Waals surface area contributed by atoms with Crippen molar-refractivity contribution in [3.05, 3.63) is 41.5 Å². The van der Waals surface area contributed by atoms with Crippen LogP contribution in [0.2, 0.25) is 0 Å². The highest BCUT2D eigenvalue weighted by Crippen LogP contribution is 2.33. The molecule has 3 heteroatoms. The van der Waals surface area contributed by atoms with E-state index in [-0.39, 0.29) is 0 Å². The van der Waals surface area contributed by atoms with Gasteiger partial charge in [-0.1, -0.05) is 12.1 Å². The van der Waals surface area contributed by atoms with Crippen molar-refractivity contribution < 1.29 is 9.59 Å². The van der Waals surface area contributed by atoms with Crippen LogP contribution in [0.15, 0.2) is 24.8 Å². The van der Waals surface area contributed by atoms with E-state index in [0.29, 0.717) is 12.1 Å². The predicted octanol–water partition coefficient (Wildman–Crippen LogP) is 2.02. The molecule has 0 unspecified atom stereocenters. The summed E-state index contributed by atoms with van der Waals surface area (Å²) in [5.41, 5.74) is 3.32. The number of amides is 1. The van der Waals surface area contributed by atoms with E-state index in [4.69, 9.17) is 0 Å². The van der Waals surface area contributed by atoms with Gasteiger partial charge in [0.1, 0.15) is 0 Å². The number of aryl methyl sites for hydroxylation is 1. The Labute approximate surface area is 94.4 Å². The number of nitrogens with zero attached hydrogens (tertiary/aromatic N) is 1. The Morgan fingerprint density at radius 3 is 2.62 bits per heavy atom. The number of carbonyl (C=O) groups is 2. The van der Waals surface area contributed by atoms with Crippen molar-refractivity contribution in [3.8, 4) is 0 Å². The predicted molar refractivity (Wildman–Crippen MR) is 62.8 cm³/mol. The molecule has 0 radical (unpaired) electrons. The first-order valence-corrected chi connectivity index (χ1v) is 5.15. The highest BCUT2D eigenvalue weighted by molar-refractivity contribution is 6.52. The molecule has 2 rings (SSSR count). The summed E-state index contributed by atoms with van der Waals surface area (Å²) in [4.78, 5) is 25.0. The van der Waals surface area contributed by atoms with Gasteiger partial charge in [0, 0.05) is 6.54 Å². The zero-order valence-electron chi connectivity index (χ0n) is 9.41. The Bertz CT molecular complexity index is 503. The van der Waals surface area contributed by atoms with E-state index in [1.807, 2.05) is 19.9 Å². The summed E-state index contributed by atoms with van der Waals surface area (Å²) >= 11 is 0. The number of anilines is 1. The SMILES string of the molecule is C=CCN1C(=O)C(=O)c2ccc(C)c(C)c21. The minimum Gasteiger partial charge on any atom is -0.301 e. The Hall–Kier alpha value is -1.90. The first-order chi connectivity index (χ1) is 7.57. The largest absolute Gasteiger partial charge is 0.301 e. The summed E-state index contributed by atoms with van der Waals surface area (Å²) in [6.45, 7) is 7.87. The second kappa shape index (κ2) is 3.59. The van der Waals surface area contributed by atoms with Crippen LogP contribution in [0, 0.1) is 13.8 Å². The third-order valence-corrected chi connectivity index (χ3v) is 2.97. The number of fused-ring (bicyclic) bond motifs is 1. The van der Waals surface area contributed by atoms with Crippen molar-refractivity contribution in [1.82, 2.24) is 0 Å². The molecule has 0 saturated carbocycles. The van der Waals surface area contributed by atoms with Crippen LogP contribution in [-0.4, -0.2) is 18.2 Å². The second-order valence-electron chi connectivity index (χ2n) is 3.94. The first kappa shape index (κ1) is 10.6. The van der Waals surface area contributed by atoms with Gasteiger partial charge in [-0.3, -0.25) is 9.59 Å². The average Bonchev–Trinajstić information content (AvgIpc) is 2.50. The van der Waals surface area contributed by atoms with Crippen molar-refractivity contribution in [2.24, 2.45) is 0 Å². The molecule has 1 aromatic rings. The van der Waals surface area contributed by atoms with Gasteiger partial charge in [0.2, 0.25) is 0 Å². The number of benzene rings is 1. The van der Waals surface area contributed by atoms with Crippen LogP contribution < -0.4 is 4.90 Å². The standard InChI is InChI=1S/C13H13NO2/c1-4-7-14-11-9(3)8(2)5-6-10(11)12(15)13(14)16/h4-6H,1,7H2,2-3H3. The van der Waals surface area contributed by atoms with Gasteiger partial charge in [-0.05, 0) is 31.0 Å². The maximum absolute atomic E-state index is 11.7.